The van der Waals surface area contributed by atoms with Gasteiger partial charge in [0.05, 0.1) is 0 Å². The second-order valence-corrected chi connectivity index (χ2v) is 7.61. The molecule has 0 aliphatic heterocycles. The topological polar surface area (TPSA) is 65.5 Å². The average molecular weight is 399 g/mol. The number of carbonyl (C=O) groups is 1. The van der Waals surface area contributed by atoms with Gasteiger partial charge in [-0.3, -0.25) is 9.79 Å². The van der Waals surface area contributed by atoms with Crippen LogP contribution in [0.5, 0.6) is 0 Å². The molecule has 0 heterocycles. The highest BCUT2D eigenvalue weighted by Gasteiger charge is 2.44. The summed E-state index contributed by atoms with van der Waals surface area (Å²) in [6.45, 7) is 1.59. The van der Waals surface area contributed by atoms with E-state index in [-0.39, 0.29) is 11.3 Å². The maximum Gasteiger partial charge on any atom is 0.251 e. The van der Waals surface area contributed by atoms with Gasteiger partial charge in [-0.2, -0.15) is 0 Å². The van der Waals surface area contributed by atoms with Gasteiger partial charge in [-0.1, -0.05) is 35.9 Å². The molecule has 1 saturated carbocycles. The van der Waals surface area contributed by atoms with Crippen molar-refractivity contribution in [1.82, 2.24) is 16.0 Å². The summed E-state index contributed by atoms with van der Waals surface area (Å²) in [5.74, 6) is 0.729. The number of aliphatic imine (C=N–C) groups is 1. The lowest BCUT2D eigenvalue weighted by atomic mass is 9.96. The molecule has 1 aliphatic carbocycles. The van der Waals surface area contributed by atoms with Crippen LogP contribution in [0.3, 0.4) is 0 Å². The minimum Gasteiger partial charge on any atom is -0.356 e. The van der Waals surface area contributed by atoms with Crippen LogP contribution in [0.1, 0.15) is 34.3 Å². The molecule has 148 valence electrons. The molecule has 0 atom stereocenters. The zero-order chi connectivity index (χ0) is 20.0. The summed E-state index contributed by atoms with van der Waals surface area (Å²) in [7, 11) is 3.42. The largest absolute Gasteiger partial charge is 0.356 e. The summed E-state index contributed by atoms with van der Waals surface area (Å²) in [6, 6.07) is 15.8. The van der Waals surface area contributed by atoms with E-state index in [0.29, 0.717) is 5.56 Å². The van der Waals surface area contributed by atoms with Crippen LogP contribution in [-0.2, 0) is 11.8 Å². The Bertz CT molecular complexity index is 844. The van der Waals surface area contributed by atoms with Crippen molar-refractivity contribution in [2.45, 2.75) is 24.7 Å². The van der Waals surface area contributed by atoms with E-state index in [2.05, 4.69) is 33.1 Å². The standard InChI is InChI=1S/C22H27ClN4O/c1-24-20(28)17-5-3-4-16(14-17)10-13-26-21(25-2)27-15-22(11-12-22)18-6-8-19(23)9-7-18/h3-9,14H,10-13,15H2,1-2H3,(H,24,28)(H2,25,26,27). The smallest absolute Gasteiger partial charge is 0.251 e. The van der Waals surface area contributed by atoms with Crippen molar-refractivity contribution in [2.75, 3.05) is 27.2 Å². The van der Waals surface area contributed by atoms with E-state index in [0.717, 1.165) is 36.1 Å². The van der Waals surface area contributed by atoms with Crippen molar-refractivity contribution in [3.63, 3.8) is 0 Å². The Kier molecular flexibility index (Phi) is 6.57. The number of benzene rings is 2. The fourth-order valence-electron chi connectivity index (χ4n) is 3.33. The van der Waals surface area contributed by atoms with E-state index in [1.165, 1.54) is 18.4 Å². The lowest BCUT2D eigenvalue weighted by Gasteiger charge is -2.19. The van der Waals surface area contributed by atoms with Crippen LogP contribution in [0, 0.1) is 0 Å². The number of carbonyl (C=O) groups excluding carboxylic acids is 1. The fraction of sp³-hybridized carbons (Fsp3) is 0.364. The summed E-state index contributed by atoms with van der Waals surface area (Å²) in [4.78, 5) is 16.1. The summed E-state index contributed by atoms with van der Waals surface area (Å²) >= 11 is 6.01. The van der Waals surface area contributed by atoms with Gasteiger partial charge in [0, 0.05) is 43.2 Å². The Morgan fingerprint density at radius 3 is 2.54 bits per heavy atom. The molecule has 1 amide bonds. The molecule has 0 bridgehead atoms. The second-order valence-electron chi connectivity index (χ2n) is 7.17. The third kappa shape index (κ3) is 5.04. The van der Waals surface area contributed by atoms with Gasteiger partial charge in [-0.15, -0.1) is 0 Å². The average Bonchev–Trinajstić information content (AvgIpc) is 3.51. The van der Waals surface area contributed by atoms with Crippen molar-refractivity contribution in [2.24, 2.45) is 4.99 Å². The second kappa shape index (κ2) is 9.11. The van der Waals surface area contributed by atoms with Gasteiger partial charge in [0.15, 0.2) is 5.96 Å². The maximum absolute atomic E-state index is 11.8. The molecule has 0 unspecified atom stereocenters. The van der Waals surface area contributed by atoms with Crippen LogP contribution < -0.4 is 16.0 Å². The quantitative estimate of drug-likeness (QED) is 0.496. The Labute approximate surface area is 171 Å². The van der Waals surface area contributed by atoms with E-state index >= 15 is 0 Å². The van der Waals surface area contributed by atoms with Crippen LogP contribution in [0.2, 0.25) is 5.02 Å². The highest BCUT2D eigenvalue weighted by Crippen LogP contribution is 2.47. The minimum atomic E-state index is -0.0655. The molecule has 3 N–H and O–H groups in total. The van der Waals surface area contributed by atoms with Crippen molar-refractivity contribution < 1.29 is 4.79 Å². The SMILES string of the molecule is CN=C(NCCc1cccc(C(=O)NC)c1)NCC1(c2ccc(Cl)cc2)CC1. The Morgan fingerprint density at radius 1 is 1.14 bits per heavy atom. The van der Waals surface area contributed by atoms with Crippen molar-refractivity contribution in [3.8, 4) is 0 Å². The van der Waals surface area contributed by atoms with Gasteiger partial charge in [-0.25, -0.2) is 0 Å². The highest BCUT2D eigenvalue weighted by molar-refractivity contribution is 6.30. The third-order valence-electron chi connectivity index (χ3n) is 5.25. The molecule has 1 aliphatic rings. The van der Waals surface area contributed by atoms with Crippen LogP contribution in [0.4, 0.5) is 0 Å². The fourth-order valence-corrected chi connectivity index (χ4v) is 3.46. The molecular weight excluding hydrogens is 372 g/mol. The number of nitrogens with zero attached hydrogens (tertiary/aromatic N) is 1. The first-order valence-corrected chi connectivity index (χ1v) is 9.96. The van der Waals surface area contributed by atoms with Gasteiger partial charge >= 0.3 is 0 Å². The Balaban J connectivity index is 1.49. The number of rotatable bonds is 7. The molecule has 6 heteroatoms. The molecule has 0 aromatic heterocycles. The van der Waals surface area contributed by atoms with E-state index in [9.17, 15) is 4.79 Å². The molecule has 5 nitrogen and oxygen atoms in total. The Morgan fingerprint density at radius 2 is 1.89 bits per heavy atom. The van der Waals surface area contributed by atoms with Gasteiger partial charge in [0.1, 0.15) is 0 Å². The molecule has 0 radical (unpaired) electrons. The lowest BCUT2D eigenvalue weighted by molar-refractivity contribution is 0.0963. The molecule has 0 saturated heterocycles. The van der Waals surface area contributed by atoms with Gasteiger partial charge in [0.25, 0.3) is 5.91 Å². The Hall–Kier alpha value is -2.53. The summed E-state index contributed by atoms with van der Waals surface area (Å²) in [6.07, 6.45) is 3.16. The third-order valence-corrected chi connectivity index (χ3v) is 5.50. The summed E-state index contributed by atoms with van der Waals surface area (Å²) in [5, 5.41) is 10.2. The van der Waals surface area contributed by atoms with E-state index in [1.54, 1.807) is 14.1 Å². The minimum absolute atomic E-state index is 0.0655. The van der Waals surface area contributed by atoms with E-state index in [1.807, 2.05) is 36.4 Å². The van der Waals surface area contributed by atoms with Crippen LogP contribution in [0.25, 0.3) is 0 Å². The molecule has 3 rings (SSSR count). The van der Waals surface area contributed by atoms with Gasteiger partial charge < -0.3 is 16.0 Å². The first-order valence-electron chi connectivity index (χ1n) is 9.58. The molecule has 2 aromatic rings. The lowest BCUT2D eigenvalue weighted by Crippen LogP contribution is -2.42. The number of guanidine groups is 1. The van der Waals surface area contributed by atoms with Gasteiger partial charge in [-0.05, 0) is 54.7 Å². The number of hydrogen-bond acceptors (Lipinski definition) is 2. The molecular formula is C22H27ClN4O. The van der Waals surface area contributed by atoms with Gasteiger partial charge in [0.2, 0.25) is 0 Å². The number of nitrogens with one attached hydrogen (secondary N) is 3. The highest BCUT2D eigenvalue weighted by atomic mass is 35.5. The first kappa shape index (κ1) is 20.2. The predicted octanol–water partition coefficient (Wildman–Crippen LogP) is 3.14. The number of halogens is 1. The maximum atomic E-state index is 11.8. The van der Waals surface area contributed by atoms with Crippen LogP contribution >= 0.6 is 11.6 Å². The van der Waals surface area contributed by atoms with E-state index < -0.39 is 0 Å². The van der Waals surface area contributed by atoms with Crippen molar-refractivity contribution in [3.05, 3.63) is 70.2 Å². The molecule has 1 fully saturated rings. The summed E-state index contributed by atoms with van der Waals surface area (Å²) < 4.78 is 0. The first-order chi connectivity index (χ1) is 13.6. The zero-order valence-corrected chi connectivity index (χ0v) is 17.1. The summed E-state index contributed by atoms with van der Waals surface area (Å²) in [5.41, 5.74) is 3.31. The van der Waals surface area contributed by atoms with Crippen LogP contribution in [-0.4, -0.2) is 39.1 Å². The van der Waals surface area contributed by atoms with Crippen LogP contribution in [0.15, 0.2) is 53.5 Å². The van der Waals surface area contributed by atoms with Crippen molar-refractivity contribution in [1.29, 1.82) is 0 Å². The molecule has 28 heavy (non-hydrogen) atoms. The predicted molar refractivity (Wildman–Crippen MR) is 115 cm³/mol. The zero-order valence-electron chi connectivity index (χ0n) is 16.4. The van der Waals surface area contributed by atoms with Crippen molar-refractivity contribution >= 4 is 23.5 Å². The monoisotopic (exact) mass is 398 g/mol. The van der Waals surface area contributed by atoms with E-state index in [4.69, 9.17) is 11.6 Å². The normalized spacial score (nSPS) is 15.0. The molecule has 2 aromatic carbocycles. The number of hydrogen-bond donors (Lipinski definition) is 3. The number of amides is 1. The molecule has 0 spiro atoms.